The number of nitrogens with one attached hydrogen (secondary N) is 2. The van der Waals surface area contributed by atoms with E-state index in [2.05, 4.69) is 35.4 Å². The number of aromatic nitrogens is 5. The highest BCUT2D eigenvalue weighted by Crippen LogP contribution is 2.23. The summed E-state index contributed by atoms with van der Waals surface area (Å²) in [5.41, 5.74) is 1.81. The first-order chi connectivity index (χ1) is 10.8. The van der Waals surface area contributed by atoms with E-state index in [1.165, 1.54) is 0 Å². The van der Waals surface area contributed by atoms with Gasteiger partial charge in [0.05, 0.1) is 11.1 Å². The molecule has 0 radical (unpaired) electrons. The summed E-state index contributed by atoms with van der Waals surface area (Å²) in [6, 6.07) is 6.02. The molecule has 0 aliphatic carbocycles. The second kappa shape index (κ2) is 5.25. The van der Waals surface area contributed by atoms with Gasteiger partial charge in [-0.25, -0.2) is 9.97 Å². The van der Waals surface area contributed by atoms with Crippen molar-refractivity contribution in [1.29, 1.82) is 0 Å². The van der Waals surface area contributed by atoms with Crippen molar-refractivity contribution in [3.8, 4) is 0 Å². The van der Waals surface area contributed by atoms with Gasteiger partial charge in [-0.1, -0.05) is 0 Å². The van der Waals surface area contributed by atoms with Gasteiger partial charge >= 0.3 is 0 Å². The summed E-state index contributed by atoms with van der Waals surface area (Å²) >= 11 is 0. The van der Waals surface area contributed by atoms with E-state index in [1.54, 1.807) is 6.33 Å². The maximum Gasteiger partial charge on any atom is 0.151 e. The molecule has 4 rings (SSSR count). The van der Waals surface area contributed by atoms with Crippen molar-refractivity contribution in [2.24, 2.45) is 5.92 Å². The van der Waals surface area contributed by atoms with Crippen LogP contribution in [-0.4, -0.2) is 44.8 Å². The lowest BCUT2D eigenvalue weighted by atomic mass is 10.0. The van der Waals surface area contributed by atoms with Gasteiger partial charge in [0, 0.05) is 31.7 Å². The average molecular weight is 295 g/mol. The molecule has 22 heavy (non-hydrogen) atoms. The Labute approximate surface area is 127 Å². The van der Waals surface area contributed by atoms with Crippen molar-refractivity contribution in [3.05, 3.63) is 36.4 Å². The second-order valence-electron chi connectivity index (χ2n) is 5.65. The molecule has 7 nitrogen and oxygen atoms in total. The quantitative estimate of drug-likeness (QED) is 0.761. The molecule has 0 aromatic carbocycles. The van der Waals surface area contributed by atoms with Gasteiger partial charge in [-0.2, -0.15) is 5.10 Å². The van der Waals surface area contributed by atoms with Gasteiger partial charge in [0.1, 0.15) is 17.8 Å². The first kappa shape index (κ1) is 13.0. The Bertz CT molecular complexity index is 774. The number of fused-ring (bicyclic) bond motifs is 1. The van der Waals surface area contributed by atoms with Crippen LogP contribution in [-0.2, 0) is 0 Å². The molecule has 1 saturated heterocycles. The second-order valence-corrected chi connectivity index (χ2v) is 5.65. The Morgan fingerprint density at radius 1 is 1.23 bits per heavy atom. The van der Waals surface area contributed by atoms with Gasteiger partial charge in [-0.3, -0.25) is 0 Å². The topological polar surface area (TPSA) is 82.6 Å². The third kappa shape index (κ3) is 2.34. The molecule has 1 aliphatic rings. The lowest BCUT2D eigenvalue weighted by Gasteiger charge is -2.40. The van der Waals surface area contributed by atoms with Crippen LogP contribution in [0.15, 0.2) is 30.7 Å². The zero-order valence-corrected chi connectivity index (χ0v) is 12.3. The lowest BCUT2D eigenvalue weighted by molar-refractivity contribution is 0.425. The SMILES string of the molecule is Cc1ccc(N2CC(CNc3ncnc4[nH]ccc34)C2)nn1. The van der Waals surface area contributed by atoms with E-state index in [4.69, 9.17) is 0 Å². The zero-order chi connectivity index (χ0) is 14.9. The number of rotatable bonds is 4. The molecule has 4 heterocycles. The predicted octanol–water partition coefficient (Wildman–Crippen LogP) is 1.60. The van der Waals surface area contributed by atoms with Crippen LogP contribution in [0.2, 0.25) is 0 Å². The maximum atomic E-state index is 4.32. The van der Waals surface area contributed by atoms with Gasteiger partial charge in [0.15, 0.2) is 5.82 Å². The third-order valence-corrected chi connectivity index (χ3v) is 3.98. The summed E-state index contributed by atoms with van der Waals surface area (Å²) in [6.07, 6.45) is 3.46. The summed E-state index contributed by atoms with van der Waals surface area (Å²) in [5, 5.41) is 12.8. The molecule has 1 aliphatic heterocycles. The number of H-pyrrole nitrogens is 1. The van der Waals surface area contributed by atoms with Crippen LogP contribution in [0.3, 0.4) is 0 Å². The molecular weight excluding hydrogens is 278 g/mol. The highest BCUT2D eigenvalue weighted by molar-refractivity contribution is 5.86. The monoisotopic (exact) mass is 295 g/mol. The van der Waals surface area contributed by atoms with E-state index in [0.29, 0.717) is 5.92 Å². The van der Waals surface area contributed by atoms with Crippen LogP contribution in [0.4, 0.5) is 11.6 Å². The Hall–Kier alpha value is -2.70. The molecule has 0 spiro atoms. The Kier molecular flexibility index (Phi) is 3.10. The summed E-state index contributed by atoms with van der Waals surface area (Å²) in [7, 11) is 0. The van der Waals surface area contributed by atoms with Gasteiger partial charge in [0.25, 0.3) is 0 Å². The first-order valence-electron chi connectivity index (χ1n) is 7.37. The number of hydrogen-bond donors (Lipinski definition) is 2. The summed E-state index contributed by atoms with van der Waals surface area (Å²) < 4.78 is 0. The van der Waals surface area contributed by atoms with Gasteiger partial charge in [-0.05, 0) is 25.1 Å². The molecule has 2 N–H and O–H groups in total. The van der Waals surface area contributed by atoms with E-state index in [1.807, 2.05) is 31.3 Å². The Morgan fingerprint density at radius 2 is 2.14 bits per heavy atom. The Morgan fingerprint density at radius 3 is 2.95 bits per heavy atom. The molecule has 0 bridgehead atoms. The van der Waals surface area contributed by atoms with Crippen molar-refractivity contribution in [2.75, 3.05) is 29.9 Å². The highest BCUT2D eigenvalue weighted by atomic mass is 15.3. The van der Waals surface area contributed by atoms with Crippen LogP contribution >= 0.6 is 0 Å². The molecule has 112 valence electrons. The lowest BCUT2D eigenvalue weighted by Crippen LogP contribution is -2.50. The van der Waals surface area contributed by atoms with Crippen LogP contribution in [0.1, 0.15) is 5.69 Å². The molecular formula is C15H17N7. The number of anilines is 2. The third-order valence-electron chi connectivity index (χ3n) is 3.98. The number of aryl methyl sites for hydroxylation is 1. The molecule has 0 unspecified atom stereocenters. The van der Waals surface area contributed by atoms with Crippen molar-refractivity contribution in [3.63, 3.8) is 0 Å². The summed E-state index contributed by atoms with van der Waals surface area (Å²) in [4.78, 5) is 13.8. The Balaban J connectivity index is 1.35. The molecule has 0 amide bonds. The highest BCUT2D eigenvalue weighted by Gasteiger charge is 2.27. The average Bonchev–Trinajstić information content (AvgIpc) is 2.96. The first-order valence-corrected chi connectivity index (χ1v) is 7.37. The van der Waals surface area contributed by atoms with Crippen LogP contribution in [0, 0.1) is 12.8 Å². The fraction of sp³-hybridized carbons (Fsp3) is 0.333. The van der Waals surface area contributed by atoms with Crippen molar-refractivity contribution in [2.45, 2.75) is 6.92 Å². The molecule has 3 aromatic rings. The van der Waals surface area contributed by atoms with Crippen molar-refractivity contribution < 1.29 is 0 Å². The summed E-state index contributed by atoms with van der Waals surface area (Å²) in [5.74, 6) is 2.43. The fourth-order valence-corrected chi connectivity index (χ4v) is 2.70. The fourth-order valence-electron chi connectivity index (χ4n) is 2.70. The van der Waals surface area contributed by atoms with E-state index < -0.39 is 0 Å². The number of nitrogens with zero attached hydrogens (tertiary/aromatic N) is 5. The van der Waals surface area contributed by atoms with Crippen LogP contribution in [0.25, 0.3) is 11.0 Å². The summed E-state index contributed by atoms with van der Waals surface area (Å²) in [6.45, 7) is 4.83. The van der Waals surface area contributed by atoms with Crippen LogP contribution in [0.5, 0.6) is 0 Å². The standard InChI is InChI=1S/C15H17N7/c1-10-2-3-13(21-20-10)22-7-11(8-22)6-17-15-12-4-5-16-14(12)18-9-19-15/h2-5,9,11H,6-8H2,1H3,(H2,16,17,18,19). The van der Waals surface area contributed by atoms with Gasteiger partial charge in [-0.15, -0.1) is 5.10 Å². The minimum absolute atomic E-state index is 0.590. The maximum absolute atomic E-state index is 4.32. The largest absolute Gasteiger partial charge is 0.369 e. The van der Waals surface area contributed by atoms with Crippen molar-refractivity contribution >= 4 is 22.7 Å². The molecule has 3 aromatic heterocycles. The van der Waals surface area contributed by atoms with E-state index in [-0.39, 0.29) is 0 Å². The van der Waals surface area contributed by atoms with E-state index in [9.17, 15) is 0 Å². The van der Waals surface area contributed by atoms with Crippen molar-refractivity contribution in [1.82, 2.24) is 25.1 Å². The van der Waals surface area contributed by atoms with Gasteiger partial charge in [0.2, 0.25) is 0 Å². The van der Waals surface area contributed by atoms with E-state index in [0.717, 1.165) is 48.0 Å². The zero-order valence-electron chi connectivity index (χ0n) is 12.3. The minimum Gasteiger partial charge on any atom is -0.369 e. The number of aromatic amines is 1. The molecule has 1 fully saturated rings. The molecule has 0 atom stereocenters. The predicted molar refractivity (Wildman–Crippen MR) is 84.9 cm³/mol. The molecule has 0 saturated carbocycles. The smallest absolute Gasteiger partial charge is 0.151 e. The number of hydrogen-bond acceptors (Lipinski definition) is 6. The van der Waals surface area contributed by atoms with E-state index >= 15 is 0 Å². The molecule has 7 heteroatoms. The minimum atomic E-state index is 0.590. The van der Waals surface area contributed by atoms with Crippen LogP contribution < -0.4 is 10.2 Å². The normalized spacial score (nSPS) is 15.0. The van der Waals surface area contributed by atoms with Gasteiger partial charge < -0.3 is 15.2 Å².